The largest absolute Gasteiger partial charge is 0.473 e. The number of aromatic nitrogens is 2. The minimum absolute atomic E-state index is 0.0137. The molecule has 1 amide bonds. The summed E-state index contributed by atoms with van der Waals surface area (Å²) >= 11 is 1.21. The van der Waals surface area contributed by atoms with Crippen LogP contribution < -0.4 is 15.4 Å². The van der Waals surface area contributed by atoms with E-state index in [1.165, 1.54) is 42.7 Å². The number of nitrogens with zero attached hydrogens (tertiary/aromatic N) is 3. The molecule has 3 aromatic rings. The van der Waals surface area contributed by atoms with Gasteiger partial charge < -0.3 is 24.4 Å². The zero-order chi connectivity index (χ0) is 28.0. The summed E-state index contributed by atoms with van der Waals surface area (Å²) in [6.45, 7) is 2.98. The second-order valence-electron chi connectivity index (χ2n) is 9.40. The third kappa shape index (κ3) is 7.12. The standard InChI is InChI=1S/C26H31N5O7S2/c1-35-12-2-14-40(33,34)20-5-3-17(4-6-20)23(31-38-19-10-13-36-16-19)24(32)30-26-28-21-7-8-22(29-25(21)39-26)37-18-9-11-27-15-18/h3-8,18-19,27H,2,9-16H2,1H3,(H,28,30,32)/t18-,19-/m1/s1. The summed E-state index contributed by atoms with van der Waals surface area (Å²) in [5, 5.41) is 10.5. The molecule has 0 radical (unpaired) electrons. The summed E-state index contributed by atoms with van der Waals surface area (Å²) in [6, 6.07) is 9.57. The van der Waals surface area contributed by atoms with Gasteiger partial charge in [-0.05, 0) is 37.6 Å². The van der Waals surface area contributed by atoms with Gasteiger partial charge in [-0.15, -0.1) is 0 Å². The topological polar surface area (TPSA) is 150 Å². The lowest BCUT2D eigenvalue weighted by Gasteiger charge is -2.10. The summed E-state index contributed by atoms with van der Waals surface area (Å²) in [5.74, 6) is -0.0841. The lowest BCUT2D eigenvalue weighted by atomic mass is 10.1. The number of amides is 1. The van der Waals surface area contributed by atoms with Crippen molar-refractivity contribution < 1.29 is 32.3 Å². The zero-order valence-electron chi connectivity index (χ0n) is 22.0. The molecule has 5 rings (SSSR count). The summed E-state index contributed by atoms with van der Waals surface area (Å²) < 4.78 is 41.5. The van der Waals surface area contributed by atoms with E-state index in [4.69, 9.17) is 19.0 Å². The number of hydrogen-bond donors (Lipinski definition) is 2. The molecule has 0 spiro atoms. The van der Waals surface area contributed by atoms with Gasteiger partial charge in [-0.3, -0.25) is 10.1 Å². The Morgan fingerprint density at radius 3 is 2.75 bits per heavy atom. The SMILES string of the molecule is COCCCS(=O)(=O)c1ccc(C(=NO[C@@H]2CCOC2)C(=O)Nc2nc3ccc(O[C@@H]4CCNC4)nc3s2)cc1. The van der Waals surface area contributed by atoms with Crippen LogP contribution in [0.4, 0.5) is 5.13 Å². The third-order valence-corrected chi connectivity index (χ3v) is 9.09. The fraction of sp³-hybridized carbons (Fsp3) is 0.462. The Morgan fingerprint density at radius 2 is 2.02 bits per heavy atom. The van der Waals surface area contributed by atoms with Crippen LogP contribution in [0.3, 0.4) is 0 Å². The molecular formula is C26H31N5O7S2. The Balaban J connectivity index is 1.33. The lowest BCUT2D eigenvalue weighted by Crippen LogP contribution is -2.25. The van der Waals surface area contributed by atoms with Gasteiger partial charge in [0.25, 0.3) is 5.91 Å². The number of methoxy groups -OCH3 is 1. The van der Waals surface area contributed by atoms with E-state index in [0.29, 0.717) is 59.6 Å². The smallest absolute Gasteiger partial charge is 0.280 e. The van der Waals surface area contributed by atoms with Crippen molar-refractivity contribution in [3.8, 4) is 5.88 Å². The number of nitrogens with one attached hydrogen (secondary N) is 2. The first-order chi connectivity index (χ1) is 19.4. The minimum Gasteiger partial charge on any atom is -0.473 e. The number of fused-ring (bicyclic) bond motifs is 1. The summed E-state index contributed by atoms with van der Waals surface area (Å²) in [5.41, 5.74) is 1.01. The van der Waals surface area contributed by atoms with Gasteiger partial charge in [-0.1, -0.05) is 28.6 Å². The number of ether oxygens (including phenoxy) is 3. The van der Waals surface area contributed by atoms with Crippen molar-refractivity contribution in [1.82, 2.24) is 15.3 Å². The van der Waals surface area contributed by atoms with E-state index in [9.17, 15) is 13.2 Å². The van der Waals surface area contributed by atoms with Crippen LogP contribution in [-0.2, 0) is 28.9 Å². The average molecular weight is 590 g/mol. The maximum absolute atomic E-state index is 13.4. The van der Waals surface area contributed by atoms with Crippen LogP contribution in [0.5, 0.6) is 5.88 Å². The molecule has 2 saturated heterocycles. The van der Waals surface area contributed by atoms with Crippen molar-refractivity contribution in [2.24, 2.45) is 5.16 Å². The van der Waals surface area contributed by atoms with E-state index in [1.54, 1.807) is 12.1 Å². The highest BCUT2D eigenvalue weighted by atomic mass is 32.2. The van der Waals surface area contributed by atoms with E-state index in [0.717, 1.165) is 19.5 Å². The van der Waals surface area contributed by atoms with Gasteiger partial charge in [0.05, 0.1) is 23.9 Å². The summed E-state index contributed by atoms with van der Waals surface area (Å²) in [6.07, 6.45) is 1.76. The van der Waals surface area contributed by atoms with Crippen molar-refractivity contribution in [3.63, 3.8) is 0 Å². The molecule has 2 aliphatic heterocycles. The number of hydrogen-bond acceptors (Lipinski definition) is 12. The molecule has 0 bridgehead atoms. The third-order valence-electron chi connectivity index (χ3n) is 6.40. The van der Waals surface area contributed by atoms with Gasteiger partial charge in [-0.2, -0.15) is 0 Å². The van der Waals surface area contributed by atoms with E-state index in [1.807, 2.05) is 0 Å². The van der Waals surface area contributed by atoms with E-state index in [2.05, 4.69) is 25.8 Å². The van der Waals surface area contributed by atoms with Crippen LogP contribution in [0.25, 0.3) is 10.3 Å². The van der Waals surface area contributed by atoms with Crippen molar-refractivity contribution in [3.05, 3.63) is 42.0 Å². The number of pyridine rings is 1. The molecule has 2 aromatic heterocycles. The maximum atomic E-state index is 13.4. The lowest BCUT2D eigenvalue weighted by molar-refractivity contribution is -0.110. The zero-order valence-corrected chi connectivity index (χ0v) is 23.6. The van der Waals surface area contributed by atoms with Crippen LogP contribution in [0.15, 0.2) is 46.4 Å². The predicted octanol–water partition coefficient (Wildman–Crippen LogP) is 2.39. The number of carbonyl (C=O) groups excluding carboxylic acids is 1. The molecule has 0 aliphatic carbocycles. The Kier molecular flexibility index (Phi) is 9.22. The number of sulfone groups is 1. The van der Waals surface area contributed by atoms with E-state index >= 15 is 0 Å². The van der Waals surface area contributed by atoms with Crippen LogP contribution in [0.2, 0.25) is 0 Å². The number of thiazole rings is 1. The number of oxime groups is 1. The first-order valence-electron chi connectivity index (χ1n) is 13.0. The molecule has 12 nitrogen and oxygen atoms in total. The molecule has 14 heteroatoms. The second-order valence-corrected chi connectivity index (χ2v) is 12.5. The second kappa shape index (κ2) is 13.0. The van der Waals surface area contributed by atoms with Gasteiger partial charge in [0.1, 0.15) is 16.5 Å². The van der Waals surface area contributed by atoms with Crippen molar-refractivity contribution in [1.29, 1.82) is 0 Å². The normalized spacial score (nSPS) is 19.7. The van der Waals surface area contributed by atoms with E-state index < -0.39 is 15.7 Å². The number of rotatable bonds is 12. The van der Waals surface area contributed by atoms with Crippen LogP contribution in [-0.4, -0.2) is 88.0 Å². The molecule has 2 atom stereocenters. The van der Waals surface area contributed by atoms with Gasteiger partial charge in [-0.25, -0.2) is 18.4 Å². The molecule has 214 valence electrons. The molecule has 0 unspecified atom stereocenters. The predicted molar refractivity (Wildman–Crippen MR) is 150 cm³/mol. The van der Waals surface area contributed by atoms with Crippen LogP contribution >= 0.6 is 11.3 Å². The molecular weight excluding hydrogens is 558 g/mol. The van der Waals surface area contributed by atoms with Crippen molar-refractivity contribution >= 4 is 48.3 Å². The number of carbonyl (C=O) groups is 1. The van der Waals surface area contributed by atoms with Crippen LogP contribution in [0, 0.1) is 0 Å². The van der Waals surface area contributed by atoms with Crippen molar-refractivity contribution in [2.75, 3.05) is 51.1 Å². The Bertz CT molecular complexity index is 1450. The van der Waals surface area contributed by atoms with Crippen LogP contribution in [0.1, 0.15) is 24.8 Å². The average Bonchev–Trinajstić information content (AvgIpc) is 3.72. The molecule has 40 heavy (non-hydrogen) atoms. The highest BCUT2D eigenvalue weighted by Gasteiger charge is 2.23. The summed E-state index contributed by atoms with van der Waals surface area (Å²) in [4.78, 5) is 28.8. The fourth-order valence-corrected chi connectivity index (χ4v) is 6.36. The Labute approximate surface area is 236 Å². The Hall–Kier alpha value is -3.17. The van der Waals surface area contributed by atoms with Crippen molar-refractivity contribution in [2.45, 2.75) is 36.4 Å². The first kappa shape index (κ1) is 28.4. The maximum Gasteiger partial charge on any atom is 0.280 e. The minimum atomic E-state index is -3.49. The molecule has 2 aliphatic rings. The van der Waals surface area contributed by atoms with E-state index in [-0.39, 0.29) is 28.6 Å². The van der Waals surface area contributed by atoms with Gasteiger partial charge >= 0.3 is 0 Å². The molecule has 0 saturated carbocycles. The molecule has 1 aromatic carbocycles. The first-order valence-corrected chi connectivity index (χ1v) is 15.5. The molecule has 4 heterocycles. The van der Waals surface area contributed by atoms with Gasteiger partial charge in [0.15, 0.2) is 26.8 Å². The monoisotopic (exact) mass is 589 g/mol. The fourth-order valence-electron chi connectivity index (χ4n) is 4.25. The molecule has 2 fully saturated rings. The summed E-state index contributed by atoms with van der Waals surface area (Å²) in [7, 11) is -1.97. The number of benzene rings is 1. The molecule has 2 N–H and O–H groups in total. The quantitative estimate of drug-likeness (QED) is 0.183. The van der Waals surface area contributed by atoms with Gasteiger partial charge in [0.2, 0.25) is 5.88 Å². The number of anilines is 1. The Morgan fingerprint density at radius 1 is 1.18 bits per heavy atom. The highest BCUT2D eigenvalue weighted by Crippen LogP contribution is 2.27. The highest BCUT2D eigenvalue weighted by molar-refractivity contribution is 7.91. The van der Waals surface area contributed by atoms with Gasteiger partial charge in [0, 0.05) is 38.3 Å².